The van der Waals surface area contributed by atoms with Crippen molar-refractivity contribution in [1.82, 2.24) is 4.90 Å². The van der Waals surface area contributed by atoms with Crippen molar-refractivity contribution >= 4 is 34.6 Å². The zero-order chi connectivity index (χ0) is 19.4. The number of hydrogen-bond acceptors (Lipinski definition) is 5. The molecule has 0 spiro atoms. The highest BCUT2D eigenvalue weighted by atomic mass is 35.5. The standard InChI is InChI=1S/C20H25ClN4O2/c1-3-24-8-10-25(11-9-24)18-13-17(15(21)12-16(18)22)23-20(26)14-6-4-5-7-19(14)27-2/h4-7,12-13H,3,8-11,22H2,1-2H3,(H,23,26). The summed E-state index contributed by atoms with van der Waals surface area (Å²) in [5.41, 5.74) is 8.70. The first-order valence-electron chi connectivity index (χ1n) is 9.04. The highest BCUT2D eigenvalue weighted by Crippen LogP contribution is 2.34. The normalized spacial score (nSPS) is 14.9. The lowest BCUT2D eigenvalue weighted by atomic mass is 10.1. The van der Waals surface area contributed by atoms with E-state index in [-0.39, 0.29) is 5.91 Å². The second-order valence-electron chi connectivity index (χ2n) is 6.47. The molecule has 1 amide bonds. The maximum atomic E-state index is 12.7. The molecular weight excluding hydrogens is 364 g/mol. The average molecular weight is 389 g/mol. The first-order valence-corrected chi connectivity index (χ1v) is 9.42. The lowest BCUT2D eigenvalue weighted by molar-refractivity contribution is 0.102. The number of anilines is 3. The largest absolute Gasteiger partial charge is 0.496 e. The van der Waals surface area contributed by atoms with Gasteiger partial charge in [0.1, 0.15) is 5.75 Å². The van der Waals surface area contributed by atoms with Gasteiger partial charge in [0.2, 0.25) is 0 Å². The summed E-state index contributed by atoms with van der Waals surface area (Å²) in [5, 5.41) is 3.29. The van der Waals surface area contributed by atoms with Gasteiger partial charge >= 0.3 is 0 Å². The Bertz CT molecular complexity index is 820. The number of benzene rings is 2. The molecule has 1 heterocycles. The van der Waals surface area contributed by atoms with Crippen LogP contribution in [0.1, 0.15) is 17.3 Å². The number of nitrogens with two attached hydrogens (primary N) is 1. The molecule has 0 aliphatic carbocycles. The smallest absolute Gasteiger partial charge is 0.259 e. The van der Waals surface area contributed by atoms with E-state index in [0.717, 1.165) is 38.4 Å². The van der Waals surface area contributed by atoms with Gasteiger partial charge in [-0.1, -0.05) is 30.7 Å². The Kier molecular flexibility index (Phi) is 6.08. The predicted molar refractivity (Wildman–Crippen MR) is 111 cm³/mol. The van der Waals surface area contributed by atoms with Crippen LogP contribution in [-0.2, 0) is 0 Å². The molecular formula is C20H25ClN4O2. The summed E-state index contributed by atoms with van der Waals surface area (Å²) in [6.45, 7) is 6.96. The lowest BCUT2D eigenvalue weighted by Gasteiger charge is -2.36. The number of nitrogens with zero attached hydrogens (tertiary/aromatic N) is 2. The number of nitrogen functional groups attached to an aromatic ring is 1. The number of carbonyl (C=O) groups is 1. The molecule has 2 aromatic carbocycles. The number of amides is 1. The monoisotopic (exact) mass is 388 g/mol. The Morgan fingerprint density at radius 2 is 1.93 bits per heavy atom. The maximum absolute atomic E-state index is 12.7. The van der Waals surface area contributed by atoms with E-state index >= 15 is 0 Å². The third kappa shape index (κ3) is 4.28. The molecule has 0 atom stereocenters. The molecule has 0 aromatic heterocycles. The highest BCUT2D eigenvalue weighted by molar-refractivity contribution is 6.34. The second-order valence-corrected chi connectivity index (χ2v) is 6.87. The summed E-state index contributed by atoms with van der Waals surface area (Å²) < 4.78 is 5.27. The molecule has 0 saturated carbocycles. The molecule has 2 aromatic rings. The minimum Gasteiger partial charge on any atom is -0.496 e. The number of likely N-dealkylation sites (N-methyl/N-ethyl adjacent to an activating group) is 1. The van der Waals surface area contributed by atoms with E-state index in [1.807, 2.05) is 12.1 Å². The molecule has 3 N–H and O–H groups in total. The predicted octanol–water partition coefficient (Wildman–Crippen LogP) is 3.33. The van der Waals surface area contributed by atoms with E-state index in [4.69, 9.17) is 22.1 Å². The number of carbonyl (C=O) groups excluding carboxylic acids is 1. The number of para-hydroxylation sites is 1. The molecule has 144 valence electrons. The molecule has 3 rings (SSSR count). The number of hydrogen-bond donors (Lipinski definition) is 2. The minimum absolute atomic E-state index is 0.277. The number of halogens is 1. The van der Waals surface area contributed by atoms with Crippen molar-refractivity contribution in [3.63, 3.8) is 0 Å². The van der Waals surface area contributed by atoms with Crippen LogP contribution >= 0.6 is 11.6 Å². The van der Waals surface area contributed by atoms with Crippen LogP contribution in [0.25, 0.3) is 0 Å². The Labute approximate surface area is 164 Å². The molecule has 1 aliphatic heterocycles. The van der Waals surface area contributed by atoms with Crippen molar-refractivity contribution in [2.45, 2.75) is 6.92 Å². The van der Waals surface area contributed by atoms with Crippen LogP contribution in [0.4, 0.5) is 17.1 Å². The van der Waals surface area contributed by atoms with E-state index in [0.29, 0.717) is 27.7 Å². The van der Waals surface area contributed by atoms with Crippen molar-refractivity contribution in [3.8, 4) is 5.75 Å². The van der Waals surface area contributed by atoms with Gasteiger partial charge in [-0.25, -0.2) is 0 Å². The van der Waals surface area contributed by atoms with Gasteiger partial charge in [0.25, 0.3) is 5.91 Å². The summed E-state index contributed by atoms with van der Waals surface area (Å²) in [5.74, 6) is 0.235. The van der Waals surface area contributed by atoms with Crippen LogP contribution in [-0.4, -0.2) is 50.6 Å². The Morgan fingerprint density at radius 1 is 1.22 bits per heavy atom. The van der Waals surface area contributed by atoms with Gasteiger partial charge in [-0.05, 0) is 30.8 Å². The van der Waals surface area contributed by atoms with E-state index in [1.165, 1.54) is 7.11 Å². The Balaban J connectivity index is 1.83. The summed E-state index contributed by atoms with van der Waals surface area (Å²) in [6.07, 6.45) is 0. The number of rotatable bonds is 5. The number of methoxy groups -OCH3 is 1. The number of piperazine rings is 1. The van der Waals surface area contributed by atoms with Gasteiger partial charge in [-0.3, -0.25) is 4.79 Å². The van der Waals surface area contributed by atoms with E-state index in [9.17, 15) is 4.79 Å². The van der Waals surface area contributed by atoms with Crippen molar-refractivity contribution in [3.05, 3.63) is 47.0 Å². The summed E-state index contributed by atoms with van der Waals surface area (Å²) in [6, 6.07) is 10.6. The fraction of sp³-hybridized carbons (Fsp3) is 0.350. The molecule has 7 heteroatoms. The Hall–Kier alpha value is -2.44. The first-order chi connectivity index (χ1) is 13.0. The molecule has 1 saturated heterocycles. The van der Waals surface area contributed by atoms with Crippen molar-refractivity contribution in [2.75, 3.05) is 55.8 Å². The van der Waals surface area contributed by atoms with Gasteiger partial charge in [-0.2, -0.15) is 0 Å². The highest BCUT2D eigenvalue weighted by Gasteiger charge is 2.20. The van der Waals surface area contributed by atoms with Crippen molar-refractivity contribution < 1.29 is 9.53 Å². The van der Waals surface area contributed by atoms with Crippen LogP contribution in [0.2, 0.25) is 5.02 Å². The number of nitrogens with one attached hydrogen (secondary N) is 1. The fourth-order valence-electron chi connectivity index (χ4n) is 3.27. The fourth-order valence-corrected chi connectivity index (χ4v) is 3.49. The van der Waals surface area contributed by atoms with Crippen molar-refractivity contribution in [1.29, 1.82) is 0 Å². The SMILES string of the molecule is CCN1CCN(c2cc(NC(=O)c3ccccc3OC)c(Cl)cc2N)CC1. The molecule has 1 aliphatic rings. The zero-order valence-corrected chi connectivity index (χ0v) is 16.4. The maximum Gasteiger partial charge on any atom is 0.259 e. The molecule has 27 heavy (non-hydrogen) atoms. The van der Waals surface area contributed by atoms with E-state index in [2.05, 4.69) is 22.0 Å². The topological polar surface area (TPSA) is 70.8 Å². The van der Waals surface area contributed by atoms with Crippen molar-refractivity contribution in [2.24, 2.45) is 0 Å². The molecule has 6 nitrogen and oxygen atoms in total. The third-order valence-electron chi connectivity index (χ3n) is 4.88. The van der Waals surface area contributed by atoms with Gasteiger partial charge in [0.15, 0.2) is 0 Å². The zero-order valence-electron chi connectivity index (χ0n) is 15.7. The van der Waals surface area contributed by atoms with Gasteiger partial charge in [0, 0.05) is 26.2 Å². The van der Waals surface area contributed by atoms with Crippen LogP contribution in [0.3, 0.4) is 0 Å². The number of ether oxygens (including phenoxy) is 1. The summed E-state index contributed by atoms with van der Waals surface area (Å²) in [7, 11) is 1.54. The lowest BCUT2D eigenvalue weighted by Crippen LogP contribution is -2.46. The van der Waals surface area contributed by atoms with Gasteiger partial charge < -0.3 is 25.6 Å². The van der Waals surface area contributed by atoms with Crippen LogP contribution in [0, 0.1) is 0 Å². The van der Waals surface area contributed by atoms with Crippen LogP contribution in [0.15, 0.2) is 36.4 Å². The van der Waals surface area contributed by atoms with Gasteiger partial charge in [0.05, 0.1) is 34.8 Å². The quantitative estimate of drug-likeness (QED) is 0.769. The third-order valence-corrected chi connectivity index (χ3v) is 5.19. The van der Waals surface area contributed by atoms with E-state index in [1.54, 1.807) is 24.3 Å². The molecule has 0 unspecified atom stereocenters. The van der Waals surface area contributed by atoms with Crippen LogP contribution in [0.5, 0.6) is 5.75 Å². The van der Waals surface area contributed by atoms with E-state index < -0.39 is 0 Å². The first kappa shape index (κ1) is 19.3. The second kappa shape index (κ2) is 8.50. The molecule has 0 radical (unpaired) electrons. The summed E-state index contributed by atoms with van der Waals surface area (Å²) >= 11 is 6.34. The van der Waals surface area contributed by atoms with Gasteiger partial charge in [-0.15, -0.1) is 0 Å². The Morgan fingerprint density at radius 3 is 2.59 bits per heavy atom. The minimum atomic E-state index is -0.277. The molecule has 0 bridgehead atoms. The summed E-state index contributed by atoms with van der Waals surface area (Å²) in [4.78, 5) is 17.3. The average Bonchev–Trinajstić information content (AvgIpc) is 2.70. The van der Waals surface area contributed by atoms with Crippen LogP contribution < -0.4 is 20.7 Å². The molecule has 1 fully saturated rings.